The van der Waals surface area contributed by atoms with E-state index in [-0.39, 0.29) is 5.82 Å². The number of likely N-dealkylation sites (N-methyl/N-ethyl adjacent to an activating group) is 1. The van der Waals surface area contributed by atoms with Crippen molar-refractivity contribution in [3.8, 4) is 5.75 Å². The van der Waals surface area contributed by atoms with Crippen molar-refractivity contribution in [2.45, 2.75) is 6.54 Å². The molecule has 25 heavy (non-hydrogen) atoms. The van der Waals surface area contributed by atoms with Crippen LogP contribution < -0.4 is 10.1 Å². The van der Waals surface area contributed by atoms with Crippen LogP contribution in [0, 0.1) is 5.82 Å². The topological polar surface area (TPSA) is 50.3 Å². The molecule has 5 nitrogen and oxygen atoms in total. The van der Waals surface area contributed by atoms with Gasteiger partial charge in [-0.15, -0.1) is 0 Å². The van der Waals surface area contributed by atoms with Crippen molar-refractivity contribution in [2.75, 3.05) is 32.6 Å². The van der Waals surface area contributed by atoms with Crippen LogP contribution in [0.5, 0.6) is 5.75 Å². The fourth-order valence-corrected chi connectivity index (χ4v) is 2.50. The van der Waals surface area contributed by atoms with Crippen molar-refractivity contribution in [1.29, 1.82) is 0 Å². The van der Waals surface area contributed by atoms with Crippen LogP contribution in [0.15, 0.2) is 48.8 Å². The van der Waals surface area contributed by atoms with Crippen LogP contribution in [0.1, 0.15) is 5.56 Å². The summed E-state index contributed by atoms with van der Waals surface area (Å²) in [5, 5.41) is 3.92. The molecule has 0 saturated heterocycles. The van der Waals surface area contributed by atoms with E-state index < -0.39 is 0 Å². The number of para-hydroxylation sites is 2. The van der Waals surface area contributed by atoms with E-state index in [1.54, 1.807) is 12.1 Å². The zero-order chi connectivity index (χ0) is 17.6. The zero-order valence-electron chi connectivity index (χ0n) is 14.4. The summed E-state index contributed by atoms with van der Waals surface area (Å²) in [5.41, 5.74) is 1.33. The molecule has 0 unspecified atom stereocenters. The molecule has 2 aromatic carbocycles. The third-order valence-corrected chi connectivity index (χ3v) is 3.83. The molecule has 1 heterocycles. The van der Waals surface area contributed by atoms with Crippen molar-refractivity contribution >= 4 is 16.7 Å². The third-order valence-electron chi connectivity index (χ3n) is 3.83. The van der Waals surface area contributed by atoms with Crippen LogP contribution in [0.2, 0.25) is 0 Å². The van der Waals surface area contributed by atoms with Crippen LogP contribution in [0.25, 0.3) is 10.9 Å². The molecule has 130 valence electrons. The molecule has 0 saturated carbocycles. The molecule has 0 amide bonds. The van der Waals surface area contributed by atoms with Gasteiger partial charge in [0, 0.05) is 24.0 Å². The molecule has 0 atom stereocenters. The quantitative estimate of drug-likeness (QED) is 0.715. The van der Waals surface area contributed by atoms with Crippen LogP contribution in [-0.4, -0.2) is 42.1 Å². The largest absolute Gasteiger partial charge is 0.492 e. The molecule has 0 bridgehead atoms. The predicted molar refractivity (Wildman–Crippen MR) is 97.3 cm³/mol. The maximum Gasteiger partial charge on any atom is 0.149 e. The van der Waals surface area contributed by atoms with Crippen molar-refractivity contribution in [3.63, 3.8) is 0 Å². The van der Waals surface area contributed by atoms with Gasteiger partial charge in [-0.3, -0.25) is 0 Å². The molecule has 0 aliphatic heterocycles. The lowest BCUT2D eigenvalue weighted by Crippen LogP contribution is -2.19. The molecule has 0 aliphatic rings. The molecular formula is C19H21FN4O. The summed E-state index contributed by atoms with van der Waals surface area (Å²) >= 11 is 0. The van der Waals surface area contributed by atoms with E-state index in [0.29, 0.717) is 29.9 Å². The normalized spacial score (nSPS) is 11.0. The number of fused-ring (bicyclic) bond motifs is 1. The molecule has 1 N–H and O–H groups in total. The maximum atomic E-state index is 13.9. The van der Waals surface area contributed by atoms with Gasteiger partial charge in [0.15, 0.2) is 0 Å². The van der Waals surface area contributed by atoms with E-state index in [2.05, 4.69) is 20.2 Å². The Labute approximate surface area is 146 Å². The van der Waals surface area contributed by atoms with Gasteiger partial charge in [0.2, 0.25) is 0 Å². The van der Waals surface area contributed by atoms with Crippen LogP contribution in [-0.2, 0) is 6.54 Å². The van der Waals surface area contributed by atoms with Gasteiger partial charge >= 0.3 is 0 Å². The van der Waals surface area contributed by atoms with E-state index in [0.717, 1.165) is 17.9 Å². The van der Waals surface area contributed by atoms with Gasteiger partial charge in [-0.1, -0.05) is 24.3 Å². The lowest BCUT2D eigenvalue weighted by molar-refractivity contribution is 0.259. The number of nitrogens with zero attached hydrogens (tertiary/aromatic N) is 3. The molecule has 1 aromatic heterocycles. The Morgan fingerprint density at radius 2 is 1.92 bits per heavy atom. The van der Waals surface area contributed by atoms with E-state index in [1.807, 2.05) is 38.4 Å². The predicted octanol–water partition coefficient (Wildman–Crippen LogP) is 3.32. The third kappa shape index (κ3) is 4.22. The maximum absolute atomic E-state index is 13.9. The zero-order valence-corrected chi connectivity index (χ0v) is 14.4. The lowest BCUT2D eigenvalue weighted by atomic mass is 10.2. The minimum absolute atomic E-state index is 0.315. The number of benzene rings is 2. The fraction of sp³-hybridized carbons (Fsp3) is 0.263. The molecule has 3 aromatic rings. The first-order valence-corrected chi connectivity index (χ1v) is 8.13. The number of rotatable bonds is 7. The van der Waals surface area contributed by atoms with E-state index in [9.17, 15) is 4.39 Å². The number of hydrogen-bond acceptors (Lipinski definition) is 5. The van der Waals surface area contributed by atoms with E-state index >= 15 is 0 Å². The smallest absolute Gasteiger partial charge is 0.149 e. The first-order valence-electron chi connectivity index (χ1n) is 8.13. The Hall–Kier alpha value is -2.73. The molecule has 0 aliphatic carbocycles. The van der Waals surface area contributed by atoms with E-state index in [4.69, 9.17) is 4.74 Å². The van der Waals surface area contributed by atoms with Crippen molar-refractivity contribution in [1.82, 2.24) is 14.9 Å². The van der Waals surface area contributed by atoms with Gasteiger partial charge in [0.05, 0.1) is 0 Å². The van der Waals surface area contributed by atoms with E-state index in [1.165, 1.54) is 12.4 Å². The van der Waals surface area contributed by atoms with Gasteiger partial charge < -0.3 is 15.0 Å². The number of anilines is 1. The lowest BCUT2D eigenvalue weighted by Gasteiger charge is -2.15. The summed E-state index contributed by atoms with van der Waals surface area (Å²) in [6.45, 7) is 1.99. The van der Waals surface area contributed by atoms with Crippen LogP contribution >= 0.6 is 0 Å². The molecule has 6 heteroatoms. The minimum Gasteiger partial charge on any atom is -0.492 e. The number of halogens is 1. The van der Waals surface area contributed by atoms with Crippen molar-refractivity contribution < 1.29 is 9.13 Å². The summed E-state index contributed by atoms with van der Waals surface area (Å²) < 4.78 is 19.7. The summed E-state index contributed by atoms with van der Waals surface area (Å²) in [7, 11) is 4.02. The highest BCUT2D eigenvalue weighted by Gasteiger charge is 2.09. The number of aromatic nitrogens is 2. The SMILES string of the molecule is CN(C)CCOc1ccccc1CNc1ncnc2c(F)cccc12. The second kappa shape index (κ2) is 7.90. The summed E-state index contributed by atoms with van der Waals surface area (Å²) in [4.78, 5) is 10.3. The standard InChI is InChI=1S/C19H21FN4O/c1-24(2)10-11-25-17-9-4-3-6-14(17)12-21-19-15-7-5-8-16(20)18(15)22-13-23-19/h3-9,13H,10-12H2,1-2H3,(H,21,22,23). The number of ether oxygens (including phenoxy) is 1. The molecule has 0 fully saturated rings. The van der Waals surface area contributed by atoms with Crippen LogP contribution in [0.3, 0.4) is 0 Å². The Bertz CT molecular complexity index is 854. The second-order valence-corrected chi connectivity index (χ2v) is 5.97. The second-order valence-electron chi connectivity index (χ2n) is 5.97. The van der Waals surface area contributed by atoms with Gasteiger partial charge in [0.25, 0.3) is 0 Å². The summed E-state index contributed by atoms with van der Waals surface area (Å²) in [5.74, 6) is 1.09. The Morgan fingerprint density at radius 1 is 1.08 bits per heavy atom. The summed E-state index contributed by atoms with van der Waals surface area (Å²) in [6.07, 6.45) is 1.37. The highest BCUT2D eigenvalue weighted by Crippen LogP contribution is 2.23. The Kier molecular flexibility index (Phi) is 5.40. The minimum atomic E-state index is -0.352. The van der Waals surface area contributed by atoms with Gasteiger partial charge in [-0.25, -0.2) is 14.4 Å². The highest BCUT2D eigenvalue weighted by atomic mass is 19.1. The van der Waals surface area contributed by atoms with Crippen molar-refractivity contribution in [2.24, 2.45) is 0 Å². The number of hydrogen-bond donors (Lipinski definition) is 1. The van der Waals surface area contributed by atoms with Gasteiger partial charge in [0.1, 0.15) is 35.8 Å². The molecule has 3 rings (SSSR count). The van der Waals surface area contributed by atoms with Crippen molar-refractivity contribution in [3.05, 3.63) is 60.2 Å². The van der Waals surface area contributed by atoms with Crippen LogP contribution in [0.4, 0.5) is 10.2 Å². The van der Waals surface area contributed by atoms with Gasteiger partial charge in [-0.2, -0.15) is 0 Å². The average Bonchev–Trinajstić information content (AvgIpc) is 2.61. The van der Waals surface area contributed by atoms with Gasteiger partial charge in [-0.05, 0) is 32.3 Å². The number of nitrogens with one attached hydrogen (secondary N) is 1. The fourth-order valence-electron chi connectivity index (χ4n) is 2.50. The molecular weight excluding hydrogens is 319 g/mol. The monoisotopic (exact) mass is 340 g/mol. The molecule has 0 spiro atoms. The first-order chi connectivity index (χ1) is 12.1. The summed E-state index contributed by atoms with van der Waals surface area (Å²) in [6, 6.07) is 12.7. The molecule has 0 radical (unpaired) electrons. The Balaban J connectivity index is 1.75. The average molecular weight is 340 g/mol. The highest BCUT2D eigenvalue weighted by molar-refractivity contribution is 5.89. The Morgan fingerprint density at radius 3 is 2.76 bits per heavy atom. The first kappa shape index (κ1) is 17.1.